The van der Waals surface area contributed by atoms with Crippen LogP contribution in [0.3, 0.4) is 0 Å². The molecule has 116 valence electrons. The summed E-state index contributed by atoms with van der Waals surface area (Å²) >= 11 is 10.8. The van der Waals surface area contributed by atoms with Crippen LogP contribution in [-0.4, -0.2) is 18.7 Å². The highest BCUT2D eigenvalue weighted by molar-refractivity contribution is 9.11. The maximum atomic E-state index is 6.43. The lowest BCUT2D eigenvalue weighted by atomic mass is 9.60. The van der Waals surface area contributed by atoms with Gasteiger partial charge in [0, 0.05) is 22.4 Å². The Bertz CT molecular complexity index is 505. The van der Waals surface area contributed by atoms with E-state index in [2.05, 4.69) is 60.0 Å². The van der Waals surface area contributed by atoms with E-state index in [1.807, 2.05) is 12.1 Å². The highest BCUT2D eigenvalue weighted by atomic mass is 79.9. The molecule has 1 aromatic carbocycles. The molecule has 2 atom stereocenters. The van der Waals surface area contributed by atoms with Gasteiger partial charge in [0.2, 0.25) is 0 Å². The number of halogens is 3. The standard InChI is InChI=1S/C16H20Br3NO/c1-2-20-13-9-14(16(13)5-3-4-6-16)21-15-11(18)7-10(17)8-12(15)19/h7-8,13-14,20H,2-6,9H2,1H3. The van der Waals surface area contributed by atoms with Crippen molar-refractivity contribution in [3.63, 3.8) is 0 Å². The molecule has 3 rings (SSSR count). The molecule has 0 radical (unpaired) electrons. The SMILES string of the molecule is CCNC1CC(Oc2c(Br)cc(Br)cc2Br)C12CCCC2. The van der Waals surface area contributed by atoms with Crippen LogP contribution in [0.1, 0.15) is 39.0 Å². The maximum absolute atomic E-state index is 6.43. The Labute approximate surface area is 151 Å². The van der Waals surface area contributed by atoms with E-state index in [1.165, 1.54) is 25.7 Å². The van der Waals surface area contributed by atoms with Crippen molar-refractivity contribution in [3.05, 3.63) is 25.6 Å². The van der Waals surface area contributed by atoms with Gasteiger partial charge in [-0.3, -0.25) is 0 Å². The van der Waals surface area contributed by atoms with Gasteiger partial charge in [-0.1, -0.05) is 35.7 Å². The molecule has 2 fully saturated rings. The molecule has 0 aromatic heterocycles. The van der Waals surface area contributed by atoms with Crippen molar-refractivity contribution in [1.82, 2.24) is 5.32 Å². The molecule has 0 bridgehead atoms. The molecule has 0 heterocycles. The molecule has 2 nitrogen and oxygen atoms in total. The molecule has 1 spiro atoms. The molecule has 0 amide bonds. The largest absolute Gasteiger partial charge is 0.487 e. The molecule has 21 heavy (non-hydrogen) atoms. The Hall–Kier alpha value is 0.420. The average molecular weight is 482 g/mol. The first-order valence-electron chi connectivity index (χ1n) is 7.61. The quantitative estimate of drug-likeness (QED) is 0.598. The fourth-order valence-electron chi connectivity index (χ4n) is 3.93. The molecule has 2 saturated carbocycles. The molecule has 1 N–H and O–H groups in total. The van der Waals surface area contributed by atoms with Crippen molar-refractivity contribution in [2.75, 3.05) is 6.54 Å². The minimum Gasteiger partial charge on any atom is -0.487 e. The van der Waals surface area contributed by atoms with Crippen LogP contribution in [0.25, 0.3) is 0 Å². The summed E-state index contributed by atoms with van der Waals surface area (Å²) in [6.07, 6.45) is 6.71. The monoisotopic (exact) mass is 479 g/mol. The van der Waals surface area contributed by atoms with Gasteiger partial charge in [0.05, 0.1) is 8.95 Å². The fourth-order valence-corrected chi connectivity index (χ4v) is 6.38. The fraction of sp³-hybridized carbons (Fsp3) is 0.625. The topological polar surface area (TPSA) is 21.3 Å². The lowest BCUT2D eigenvalue weighted by Gasteiger charge is -2.54. The van der Waals surface area contributed by atoms with Gasteiger partial charge in [0.15, 0.2) is 0 Å². The third-order valence-electron chi connectivity index (χ3n) is 4.99. The minimum absolute atomic E-state index is 0.331. The summed E-state index contributed by atoms with van der Waals surface area (Å²) < 4.78 is 9.48. The van der Waals surface area contributed by atoms with E-state index in [4.69, 9.17) is 4.74 Å². The Kier molecular flexibility index (Phi) is 5.04. The smallest absolute Gasteiger partial charge is 0.148 e. The summed E-state index contributed by atoms with van der Waals surface area (Å²) in [5.74, 6) is 0.935. The van der Waals surface area contributed by atoms with Crippen LogP contribution in [0, 0.1) is 5.41 Å². The van der Waals surface area contributed by atoms with Gasteiger partial charge in [-0.2, -0.15) is 0 Å². The molecule has 2 unspecified atom stereocenters. The van der Waals surface area contributed by atoms with Crippen molar-refractivity contribution >= 4 is 47.8 Å². The van der Waals surface area contributed by atoms with Crippen LogP contribution in [0.2, 0.25) is 0 Å². The second-order valence-electron chi connectivity index (χ2n) is 6.09. The third kappa shape index (κ3) is 2.96. The highest BCUT2D eigenvalue weighted by Gasteiger charge is 2.57. The van der Waals surface area contributed by atoms with E-state index in [9.17, 15) is 0 Å². The molecular weight excluding hydrogens is 462 g/mol. The van der Waals surface area contributed by atoms with Gasteiger partial charge in [0.25, 0.3) is 0 Å². The number of nitrogens with one attached hydrogen (secondary N) is 1. The number of hydrogen-bond donors (Lipinski definition) is 1. The average Bonchev–Trinajstić information content (AvgIpc) is 2.92. The first-order chi connectivity index (χ1) is 10.1. The first-order valence-corrected chi connectivity index (χ1v) is 9.99. The summed E-state index contributed by atoms with van der Waals surface area (Å²) in [6, 6.07) is 4.71. The summed E-state index contributed by atoms with van der Waals surface area (Å²) in [6.45, 7) is 3.24. The number of hydrogen-bond acceptors (Lipinski definition) is 2. The van der Waals surface area contributed by atoms with Gasteiger partial charge < -0.3 is 10.1 Å². The van der Waals surface area contributed by atoms with Crippen LogP contribution in [0.15, 0.2) is 25.6 Å². The normalized spacial score (nSPS) is 26.9. The summed E-state index contributed by atoms with van der Waals surface area (Å²) in [7, 11) is 0. The van der Waals surface area contributed by atoms with E-state index < -0.39 is 0 Å². The summed E-state index contributed by atoms with van der Waals surface area (Å²) in [5, 5.41) is 3.66. The van der Waals surface area contributed by atoms with Crippen LogP contribution in [0.5, 0.6) is 5.75 Å². The molecule has 0 aliphatic heterocycles. The Morgan fingerprint density at radius 1 is 1.19 bits per heavy atom. The van der Waals surface area contributed by atoms with Gasteiger partial charge in [-0.15, -0.1) is 0 Å². The van der Waals surface area contributed by atoms with E-state index >= 15 is 0 Å². The van der Waals surface area contributed by atoms with Crippen LogP contribution in [0.4, 0.5) is 0 Å². The van der Waals surface area contributed by atoms with Crippen molar-refractivity contribution in [3.8, 4) is 5.75 Å². The predicted octanol–water partition coefficient (Wildman–Crippen LogP) is 5.66. The molecule has 1 aromatic rings. The van der Waals surface area contributed by atoms with Gasteiger partial charge in [-0.05, 0) is 63.4 Å². The van der Waals surface area contributed by atoms with E-state index in [0.29, 0.717) is 17.6 Å². The van der Waals surface area contributed by atoms with Crippen LogP contribution >= 0.6 is 47.8 Å². The molecular formula is C16H20Br3NO. The van der Waals surface area contributed by atoms with E-state index in [0.717, 1.165) is 32.1 Å². The zero-order valence-corrected chi connectivity index (χ0v) is 16.9. The van der Waals surface area contributed by atoms with Gasteiger partial charge in [-0.25, -0.2) is 0 Å². The zero-order chi connectivity index (χ0) is 15.0. The van der Waals surface area contributed by atoms with Crippen molar-refractivity contribution in [2.45, 2.75) is 51.2 Å². The van der Waals surface area contributed by atoms with Gasteiger partial charge in [0.1, 0.15) is 11.9 Å². The molecule has 2 aliphatic rings. The predicted molar refractivity (Wildman–Crippen MR) is 96.9 cm³/mol. The van der Waals surface area contributed by atoms with Crippen LogP contribution in [-0.2, 0) is 0 Å². The maximum Gasteiger partial charge on any atom is 0.148 e. The third-order valence-corrected chi connectivity index (χ3v) is 6.63. The lowest BCUT2D eigenvalue weighted by Crippen LogP contribution is -2.63. The first kappa shape index (κ1) is 16.3. The van der Waals surface area contributed by atoms with Crippen molar-refractivity contribution < 1.29 is 4.74 Å². The second kappa shape index (κ2) is 6.50. The zero-order valence-electron chi connectivity index (χ0n) is 12.1. The second-order valence-corrected chi connectivity index (χ2v) is 8.72. The lowest BCUT2D eigenvalue weighted by molar-refractivity contribution is -0.0762. The van der Waals surface area contributed by atoms with Gasteiger partial charge >= 0.3 is 0 Å². The van der Waals surface area contributed by atoms with Crippen LogP contribution < -0.4 is 10.1 Å². The molecule has 5 heteroatoms. The van der Waals surface area contributed by atoms with Crippen molar-refractivity contribution in [2.24, 2.45) is 5.41 Å². The summed E-state index contributed by atoms with van der Waals surface area (Å²) in [5.41, 5.74) is 0.349. The van der Waals surface area contributed by atoms with E-state index in [-0.39, 0.29) is 0 Å². The number of ether oxygens (including phenoxy) is 1. The molecule has 2 aliphatic carbocycles. The Morgan fingerprint density at radius 2 is 1.81 bits per heavy atom. The Balaban J connectivity index is 1.80. The Morgan fingerprint density at radius 3 is 2.38 bits per heavy atom. The minimum atomic E-state index is 0.331. The number of rotatable bonds is 4. The van der Waals surface area contributed by atoms with Crippen molar-refractivity contribution in [1.29, 1.82) is 0 Å². The highest BCUT2D eigenvalue weighted by Crippen LogP contribution is 2.55. The van der Waals surface area contributed by atoms with E-state index in [1.54, 1.807) is 0 Å². The number of benzene rings is 1. The molecule has 0 saturated heterocycles. The summed E-state index contributed by atoms with van der Waals surface area (Å²) in [4.78, 5) is 0.